The Hall–Kier alpha value is -1.07. The number of hydrogen-bond donors (Lipinski definition) is 1. The second-order valence-electron chi connectivity index (χ2n) is 5.99. The molecule has 1 aromatic carbocycles. The molecule has 2 rings (SSSR count). The fourth-order valence-corrected chi connectivity index (χ4v) is 3.24. The molecule has 1 aliphatic carbocycles. The van der Waals surface area contributed by atoms with Gasteiger partial charge in [-0.25, -0.2) is 13.2 Å². The van der Waals surface area contributed by atoms with Gasteiger partial charge in [0, 0.05) is 19.1 Å². The molecule has 0 bridgehead atoms. The number of nitrogens with zero attached hydrogens (tertiary/aromatic N) is 1. The molecule has 0 aliphatic heterocycles. The number of hydrogen-bond acceptors (Lipinski definition) is 2. The zero-order chi connectivity index (χ0) is 15.4. The standard InChI is InChI=1S/C16H23F3N2/c1-21(10-11-5-3-2-4-6-11)15(9-20)12-7-13(17)16(19)14(18)8-12/h7-8,11,15H,2-6,9-10,20H2,1H3. The maximum Gasteiger partial charge on any atom is 0.194 e. The summed E-state index contributed by atoms with van der Waals surface area (Å²) in [6, 6.07) is 1.80. The molecule has 2 N–H and O–H groups in total. The van der Waals surface area contributed by atoms with Crippen LogP contribution in [0.15, 0.2) is 12.1 Å². The molecule has 5 heteroatoms. The highest BCUT2D eigenvalue weighted by Crippen LogP contribution is 2.28. The largest absolute Gasteiger partial charge is 0.329 e. The summed E-state index contributed by atoms with van der Waals surface area (Å²) in [6.07, 6.45) is 6.15. The van der Waals surface area contributed by atoms with Crippen molar-refractivity contribution >= 4 is 0 Å². The second kappa shape index (κ2) is 7.27. The minimum atomic E-state index is -1.43. The van der Waals surface area contributed by atoms with Crippen LogP contribution in [0.1, 0.15) is 43.7 Å². The van der Waals surface area contributed by atoms with Gasteiger partial charge in [0.2, 0.25) is 0 Å². The van der Waals surface area contributed by atoms with Gasteiger partial charge in [-0.15, -0.1) is 0 Å². The highest BCUT2D eigenvalue weighted by Gasteiger charge is 2.23. The van der Waals surface area contributed by atoms with Crippen LogP contribution < -0.4 is 5.73 Å². The van der Waals surface area contributed by atoms with E-state index >= 15 is 0 Å². The molecule has 0 amide bonds. The normalized spacial score (nSPS) is 18.2. The molecule has 2 nitrogen and oxygen atoms in total. The highest BCUT2D eigenvalue weighted by atomic mass is 19.2. The first-order chi connectivity index (χ1) is 10.0. The van der Waals surface area contributed by atoms with E-state index in [-0.39, 0.29) is 12.6 Å². The van der Waals surface area contributed by atoms with Crippen LogP contribution in [0.3, 0.4) is 0 Å². The topological polar surface area (TPSA) is 29.3 Å². The molecule has 1 atom stereocenters. The van der Waals surface area contributed by atoms with Crippen LogP contribution in [0.2, 0.25) is 0 Å². The first-order valence-electron chi connectivity index (χ1n) is 7.57. The lowest BCUT2D eigenvalue weighted by Gasteiger charge is -2.32. The zero-order valence-electron chi connectivity index (χ0n) is 12.4. The predicted octanol–water partition coefficient (Wildman–Crippen LogP) is 3.62. The van der Waals surface area contributed by atoms with Gasteiger partial charge >= 0.3 is 0 Å². The van der Waals surface area contributed by atoms with E-state index in [0.29, 0.717) is 11.5 Å². The Kier molecular flexibility index (Phi) is 5.65. The molecule has 118 valence electrons. The van der Waals surface area contributed by atoms with Gasteiger partial charge in [0.1, 0.15) is 0 Å². The van der Waals surface area contributed by atoms with Crippen LogP contribution in [0.4, 0.5) is 13.2 Å². The molecule has 1 fully saturated rings. The van der Waals surface area contributed by atoms with E-state index in [1.165, 1.54) is 32.1 Å². The van der Waals surface area contributed by atoms with Gasteiger partial charge in [-0.1, -0.05) is 19.3 Å². The lowest BCUT2D eigenvalue weighted by atomic mass is 9.88. The van der Waals surface area contributed by atoms with Crippen molar-refractivity contribution in [3.63, 3.8) is 0 Å². The van der Waals surface area contributed by atoms with Crippen LogP contribution in [-0.2, 0) is 0 Å². The van der Waals surface area contributed by atoms with Gasteiger partial charge in [-0.2, -0.15) is 0 Å². The number of halogens is 3. The van der Waals surface area contributed by atoms with Crippen molar-refractivity contribution in [3.05, 3.63) is 35.1 Å². The molecule has 21 heavy (non-hydrogen) atoms. The molecule has 1 unspecified atom stereocenters. The van der Waals surface area contributed by atoms with E-state index in [9.17, 15) is 13.2 Å². The summed E-state index contributed by atoms with van der Waals surface area (Å²) in [4.78, 5) is 2.03. The summed E-state index contributed by atoms with van der Waals surface area (Å²) < 4.78 is 39.8. The molecular weight excluding hydrogens is 277 g/mol. The Morgan fingerprint density at radius 3 is 2.24 bits per heavy atom. The Balaban J connectivity index is 2.10. The molecular formula is C16H23F3N2. The van der Waals surface area contributed by atoms with Crippen LogP contribution in [0.25, 0.3) is 0 Å². The second-order valence-corrected chi connectivity index (χ2v) is 5.99. The van der Waals surface area contributed by atoms with Gasteiger partial charge in [-0.05, 0) is 43.5 Å². The third-order valence-corrected chi connectivity index (χ3v) is 4.42. The Morgan fingerprint density at radius 2 is 1.71 bits per heavy atom. The Labute approximate surface area is 124 Å². The van der Waals surface area contributed by atoms with Crippen molar-refractivity contribution in [2.75, 3.05) is 20.1 Å². The van der Waals surface area contributed by atoms with Crippen LogP contribution >= 0.6 is 0 Å². The minimum Gasteiger partial charge on any atom is -0.329 e. The van der Waals surface area contributed by atoms with Crippen molar-refractivity contribution in [1.82, 2.24) is 4.90 Å². The van der Waals surface area contributed by atoms with E-state index in [2.05, 4.69) is 0 Å². The maximum atomic E-state index is 13.4. The molecule has 0 radical (unpaired) electrons. The smallest absolute Gasteiger partial charge is 0.194 e. The first kappa shape index (κ1) is 16.3. The Bertz CT molecular complexity index is 450. The molecule has 0 spiro atoms. The molecule has 1 aromatic rings. The van der Waals surface area contributed by atoms with Gasteiger partial charge in [0.05, 0.1) is 0 Å². The highest BCUT2D eigenvalue weighted by molar-refractivity contribution is 5.23. The van der Waals surface area contributed by atoms with Crippen molar-refractivity contribution in [3.8, 4) is 0 Å². The molecule has 0 saturated heterocycles. The third kappa shape index (κ3) is 3.98. The van der Waals surface area contributed by atoms with Crippen molar-refractivity contribution in [2.45, 2.75) is 38.1 Å². The summed E-state index contributed by atoms with van der Waals surface area (Å²) in [7, 11) is 1.91. The van der Waals surface area contributed by atoms with Gasteiger partial charge < -0.3 is 5.73 Å². The van der Waals surface area contributed by atoms with Crippen molar-refractivity contribution in [1.29, 1.82) is 0 Å². The summed E-state index contributed by atoms with van der Waals surface area (Å²) in [5, 5.41) is 0. The molecule has 0 aromatic heterocycles. The minimum absolute atomic E-state index is 0.244. The maximum absolute atomic E-state index is 13.4. The average Bonchev–Trinajstić information content (AvgIpc) is 2.46. The third-order valence-electron chi connectivity index (χ3n) is 4.42. The molecule has 1 saturated carbocycles. The van der Waals surface area contributed by atoms with Gasteiger partial charge in [0.15, 0.2) is 17.5 Å². The monoisotopic (exact) mass is 300 g/mol. The fourth-order valence-electron chi connectivity index (χ4n) is 3.24. The quantitative estimate of drug-likeness (QED) is 0.842. The van der Waals surface area contributed by atoms with E-state index in [0.717, 1.165) is 18.7 Å². The fraction of sp³-hybridized carbons (Fsp3) is 0.625. The number of rotatable bonds is 5. The number of nitrogens with two attached hydrogens (primary N) is 1. The van der Waals surface area contributed by atoms with E-state index < -0.39 is 17.5 Å². The predicted molar refractivity (Wildman–Crippen MR) is 77.3 cm³/mol. The molecule has 0 heterocycles. The first-order valence-corrected chi connectivity index (χ1v) is 7.57. The van der Waals surface area contributed by atoms with Gasteiger partial charge in [-0.3, -0.25) is 4.90 Å². The summed E-state index contributed by atoms with van der Waals surface area (Å²) >= 11 is 0. The van der Waals surface area contributed by atoms with E-state index in [4.69, 9.17) is 5.73 Å². The summed E-state index contributed by atoms with van der Waals surface area (Å²) in [5.41, 5.74) is 6.16. The van der Waals surface area contributed by atoms with E-state index in [1.54, 1.807) is 0 Å². The van der Waals surface area contributed by atoms with Crippen molar-refractivity contribution in [2.24, 2.45) is 11.7 Å². The van der Waals surface area contributed by atoms with Crippen molar-refractivity contribution < 1.29 is 13.2 Å². The number of benzene rings is 1. The average molecular weight is 300 g/mol. The zero-order valence-corrected chi connectivity index (χ0v) is 12.4. The van der Waals surface area contributed by atoms with E-state index in [1.807, 2.05) is 11.9 Å². The van der Waals surface area contributed by atoms with Crippen LogP contribution in [0.5, 0.6) is 0 Å². The SMILES string of the molecule is CN(CC1CCCCC1)C(CN)c1cc(F)c(F)c(F)c1. The lowest BCUT2D eigenvalue weighted by molar-refractivity contribution is 0.185. The van der Waals surface area contributed by atoms with Gasteiger partial charge in [0.25, 0.3) is 0 Å². The summed E-state index contributed by atoms with van der Waals surface area (Å²) in [5.74, 6) is -3.14. The molecule has 1 aliphatic rings. The van der Waals surface area contributed by atoms with Crippen LogP contribution in [-0.4, -0.2) is 25.0 Å². The number of likely N-dealkylation sites (N-methyl/N-ethyl adjacent to an activating group) is 1. The van der Waals surface area contributed by atoms with Crippen LogP contribution in [0, 0.1) is 23.4 Å². The Morgan fingerprint density at radius 1 is 1.14 bits per heavy atom. The summed E-state index contributed by atoms with van der Waals surface area (Å²) in [6.45, 7) is 1.09. The lowest BCUT2D eigenvalue weighted by Crippen LogP contribution is -2.35.